The van der Waals surface area contributed by atoms with Crippen LogP contribution in [0, 0.1) is 16.0 Å². The van der Waals surface area contributed by atoms with Gasteiger partial charge in [0.2, 0.25) is 0 Å². The fourth-order valence-corrected chi connectivity index (χ4v) is 3.53. The van der Waals surface area contributed by atoms with Crippen molar-refractivity contribution >= 4 is 24.0 Å². The maximum Gasteiger partial charge on any atom is 0.269 e. The van der Waals surface area contributed by atoms with Crippen LogP contribution in [0.2, 0.25) is 0 Å². The summed E-state index contributed by atoms with van der Waals surface area (Å²) >= 11 is 0. The molecule has 6 nitrogen and oxygen atoms in total. The molecule has 0 spiro atoms. The number of rotatable bonds is 3. The molecule has 1 aromatic carbocycles. The van der Waals surface area contributed by atoms with Gasteiger partial charge in [0.05, 0.1) is 4.92 Å². The largest absolute Gasteiger partial charge is 0.339 e. The second kappa shape index (κ2) is 7.75. The van der Waals surface area contributed by atoms with Crippen LogP contribution in [0.3, 0.4) is 0 Å². The Morgan fingerprint density at radius 2 is 1.83 bits per heavy atom. The van der Waals surface area contributed by atoms with Gasteiger partial charge in [0, 0.05) is 36.8 Å². The number of nitrogens with one attached hydrogen (secondary N) is 1. The molecule has 2 heterocycles. The van der Waals surface area contributed by atoms with Crippen molar-refractivity contribution in [3.63, 3.8) is 0 Å². The Hall–Kier alpha value is -1.66. The van der Waals surface area contributed by atoms with Crippen molar-refractivity contribution in [3.8, 4) is 0 Å². The van der Waals surface area contributed by atoms with E-state index in [2.05, 4.69) is 5.32 Å². The second-order valence-electron chi connectivity index (χ2n) is 6.14. The number of hydrogen-bond acceptors (Lipinski definition) is 4. The molecule has 0 saturated carbocycles. The molecule has 3 rings (SSSR count). The van der Waals surface area contributed by atoms with E-state index >= 15 is 0 Å². The third-order valence-corrected chi connectivity index (χ3v) is 4.82. The van der Waals surface area contributed by atoms with Crippen LogP contribution in [0.5, 0.6) is 0 Å². The first kappa shape index (κ1) is 17.7. The van der Waals surface area contributed by atoms with Crippen molar-refractivity contribution < 1.29 is 9.72 Å². The summed E-state index contributed by atoms with van der Waals surface area (Å²) in [7, 11) is 0. The van der Waals surface area contributed by atoms with Crippen LogP contribution in [-0.4, -0.2) is 41.4 Å². The molecule has 1 unspecified atom stereocenters. The van der Waals surface area contributed by atoms with Crippen LogP contribution in [0.15, 0.2) is 24.3 Å². The van der Waals surface area contributed by atoms with Crippen LogP contribution in [0.4, 0.5) is 5.69 Å². The molecule has 2 saturated heterocycles. The van der Waals surface area contributed by atoms with E-state index in [0.29, 0.717) is 17.5 Å². The predicted octanol–water partition coefficient (Wildman–Crippen LogP) is 2.62. The van der Waals surface area contributed by atoms with Crippen molar-refractivity contribution in [1.82, 2.24) is 10.2 Å². The average molecular weight is 340 g/mol. The highest BCUT2D eigenvalue weighted by Gasteiger charge is 2.30. The first-order valence-electron chi connectivity index (χ1n) is 7.92. The molecule has 0 bridgehead atoms. The van der Waals surface area contributed by atoms with Gasteiger partial charge in [0.15, 0.2) is 0 Å². The molecular weight excluding hydrogens is 318 g/mol. The van der Waals surface area contributed by atoms with Gasteiger partial charge in [-0.25, -0.2) is 0 Å². The number of hydrogen-bond donors (Lipinski definition) is 1. The van der Waals surface area contributed by atoms with Crippen molar-refractivity contribution in [3.05, 3.63) is 39.9 Å². The Bertz CT molecular complexity index is 550. The number of nitrogens with zero attached hydrogens (tertiary/aromatic N) is 2. The third-order valence-electron chi connectivity index (χ3n) is 4.82. The zero-order valence-corrected chi connectivity index (χ0v) is 13.8. The van der Waals surface area contributed by atoms with Gasteiger partial charge >= 0.3 is 0 Å². The number of benzene rings is 1. The summed E-state index contributed by atoms with van der Waals surface area (Å²) in [5.41, 5.74) is 0.547. The van der Waals surface area contributed by atoms with Gasteiger partial charge in [-0.3, -0.25) is 14.9 Å². The lowest BCUT2D eigenvalue weighted by Gasteiger charge is -2.35. The van der Waals surface area contributed by atoms with E-state index in [1.807, 2.05) is 4.90 Å². The zero-order chi connectivity index (χ0) is 15.5. The Morgan fingerprint density at radius 1 is 1.17 bits per heavy atom. The van der Waals surface area contributed by atoms with Gasteiger partial charge in [0.1, 0.15) is 0 Å². The number of nitro groups is 1. The molecule has 2 aliphatic rings. The monoisotopic (exact) mass is 339 g/mol. The fourth-order valence-electron chi connectivity index (χ4n) is 3.53. The van der Waals surface area contributed by atoms with Crippen molar-refractivity contribution in [1.29, 1.82) is 0 Å². The number of non-ortho nitro benzene ring substituents is 1. The minimum Gasteiger partial charge on any atom is -0.339 e. The van der Waals surface area contributed by atoms with E-state index in [1.54, 1.807) is 12.1 Å². The summed E-state index contributed by atoms with van der Waals surface area (Å²) in [6.07, 6.45) is 4.58. The molecule has 126 valence electrons. The highest BCUT2D eigenvalue weighted by Crippen LogP contribution is 2.26. The molecule has 0 radical (unpaired) electrons. The first-order valence-corrected chi connectivity index (χ1v) is 7.92. The summed E-state index contributed by atoms with van der Waals surface area (Å²) in [6.45, 7) is 2.67. The quantitative estimate of drug-likeness (QED) is 0.678. The number of carbonyl (C=O) groups excluding carboxylic acids is 1. The van der Waals surface area contributed by atoms with Crippen LogP contribution >= 0.6 is 12.4 Å². The predicted molar refractivity (Wildman–Crippen MR) is 90.0 cm³/mol. The summed E-state index contributed by atoms with van der Waals surface area (Å²) < 4.78 is 0. The van der Waals surface area contributed by atoms with E-state index in [9.17, 15) is 14.9 Å². The average Bonchev–Trinajstić information content (AvgIpc) is 3.09. The van der Waals surface area contributed by atoms with Crippen LogP contribution in [0.25, 0.3) is 0 Å². The Balaban J connectivity index is 0.00000192. The van der Waals surface area contributed by atoms with E-state index < -0.39 is 4.92 Å². The number of likely N-dealkylation sites (tertiary alicyclic amines) is 1. The molecule has 7 heteroatoms. The number of amides is 1. The van der Waals surface area contributed by atoms with Gasteiger partial charge in [0.25, 0.3) is 11.6 Å². The maximum absolute atomic E-state index is 12.4. The lowest BCUT2D eigenvalue weighted by Crippen LogP contribution is -2.43. The van der Waals surface area contributed by atoms with E-state index in [1.165, 1.54) is 25.0 Å². The standard InChI is InChI=1S/C16H21N3O3.ClH/c20-16(13-3-5-14(6-4-13)19(21)22)18-10-7-12(8-11-18)15-2-1-9-17-15;/h3-6,12,15,17H,1-2,7-11H2;1H. The molecule has 23 heavy (non-hydrogen) atoms. The molecule has 1 amide bonds. The highest BCUT2D eigenvalue weighted by molar-refractivity contribution is 5.94. The topological polar surface area (TPSA) is 75.5 Å². The molecule has 0 aliphatic carbocycles. The Kier molecular flexibility index (Phi) is 5.96. The Morgan fingerprint density at radius 3 is 2.35 bits per heavy atom. The lowest BCUT2D eigenvalue weighted by atomic mass is 9.88. The van der Waals surface area contributed by atoms with E-state index in [0.717, 1.165) is 32.5 Å². The van der Waals surface area contributed by atoms with Crippen LogP contribution < -0.4 is 5.32 Å². The number of carbonyl (C=O) groups is 1. The smallest absolute Gasteiger partial charge is 0.269 e. The maximum atomic E-state index is 12.4. The van der Waals surface area contributed by atoms with Gasteiger partial charge < -0.3 is 10.2 Å². The summed E-state index contributed by atoms with van der Waals surface area (Å²) in [5, 5.41) is 14.2. The number of piperidine rings is 1. The molecule has 2 aliphatic heterocycles. The minimum absolute atomic E-state index is 0. The lowest BCUT2D eigenvalue weighted by molar-refractivity contribution is -0.384. The first-order chi connectivity index (χ1) is 10.6. The summed E-state index contributed by atoms with van der Waals surface area (Å²) in [6, 6.07) is 6.50. The van der Waals surface area contributed by atoms with Gasteiger partial charge in [-0.1, -0.05) is 0 Å². The van der Waals surface area contributed by atoms with Gasteiger partial charge in [-0.05, 0) is 50.3 Å². The highest BCUT2D eigenvalue weighted by atomic mass is 35.5. The molecule has 0 aromatic heterocycles. The normalized spacial score (nSPS) is 21.7. The molecule has 1 aromatic rings. The number of halogens is 1. The molecule has 1 N–H and O–H groups in total. The van der Waals surface area contributed by atoms with Crippen LogP contribution in [0.1, 0.15) is 36.0 Å². The van der Waals surface area contributed by atoms with Crippen molar-refractivity contribution in [2.75, 3.05) is 19.6 Å². The molecule has 2 fully saturated rings. The SMILES string of the molecule is Cl.O=C(c1ccc([N+](=O)[O-])cc1)N1CCC(C2CCCN2)CC1. The van der Waals surface area contributed by atoms with Crippen molar-refractivity contribution in [2.24, 2.45) is 5.92 Å². The zero-order valence-electron chi connectivity index (χ0n) is 12.9. The van der Waals surface area contributed by atoms with Gasteiger partial charge in [-0.2, -0.15) is 0 Å². The molecular formula is C16H22ClN3O3. The fraction of sp³-hybridized carbons (Fsp3) is 0.562. The third kappa shape index (κ3) is 4.00. The summed E-state index contributed by atoms with van der Waals surface area (Å²) in [5.74, 6) is 0.649. The van der Waals surface area contributed by atoms with E-state index in [4.69, 9.17) is 0 Å². The second-order valence-corrected chi connectivity index (χ2v) is 6.14. The van der Waals surface area contributed by atoms with E-state index in [-0.39, 0.29) is 24.0 Å². The van der Waals surface area contributed by atoms with Gasteiger partial charge in [-0.15, -0.1) is 12.4 Å². The van der Waals surface area contributed by atoms with Crippen LogP contribution in [-0.2, 0) is 0 Å². The minimum atomic E-state index is -0.450. The van der Waals surface area contributed by atoms with Crippen molar-refractivity contribution in [2.45, 2.75) is 31.7 Å². The summed E-state index contributed by atoms with van der Waals surface area (Å²) in [4.78, 5) is 24.5. The Labute approximate surface area is 141 Å². The number of nitro benzene ring substituents is 1. The molecule has 1 atom stereocenters.